The van der Waals surface area contributed by atoms with Crippen LogP contribution in [-0.2, 0) is 0 Å². The predicted octanol–water partition coefficient (Wildman–Crippen LogP) is 15.1. The largest absolute Gasteiger partial charge is 0.456 e. The summed E-state index contributed by atoms with van der Waals surface area (Å²) in [6, 6.07) is 78.2. The van der Waals surface area contributed by atoms with Crippen molar-refractivity contribution in [2.45, 2.75) is 0 Å². The maximum absolute atomic E-state index is 6.57. The van der Waals surface area contributed by atoms with Crippen molar-refractivity contribution in [2.75, 3.05) is 0 Å². The maximum Gasteiger partial charge on any atom is 0.164 e. The van der Waals surface area contributed by atoms with Crippen LogP contribution in [0.2, 0.25) is 0 Å². The summed E-state index contributed by atoms with van der Waals surface area (Å²) < 4.78 is 6.57. The first kappa shape index (κ1) is 35.9. The van der Waals surface area contributed by atoms with E-state index in [1.54, 1.807) is 0 Å². The van der Waals surface area contributed by atoms with Gasteiger partial charge in [-0.3, -0.25) is 0 Å². The van der Waals surface area contributed by atoms with Gasteiger partial charge in [0.1, 0.15) is 11.2 Å². The third kappa shape index (κ3) is 7.07. The lowest BCUT2D eigenvalue weighted by atomic mass is 9.96. The first-order valence-corrected chi connectivity index (χ1v) is 20.5. The third-order valence-electron chi connectivity index (χ3n) is 11.4. The molecule has 0 unspecified atom stereocenters. The molecule has 0 N–H and O–H groups in total. The molecule has 0 atom stereocenters. The van der Waals surface area contributed by atoms with Crippen LogP contribution in [-0.4, -0.2) is 15.0 Å². The van der Waals surface area contributed by atoms with Gasteiger partial charge in [-0.15, -0.1) is 0 Å². The van der Waals surface area contributed by atoms with Crippen LogP contribution in [0.3, 0.4) is 0 Å². The molecule has 0 amide bonds. The highest BCUT2D eigenvalue weighted by Gasteiger charge is 2.17. The van der Waals surface area contributed by atoms with Crippen molar-refractivity contribution in [3.05, 3.63) is 224 Å². The number of fused-ring (bicyclic) bond motifs is 3. The van der Waals surface area contributed by atoms with E-state index in [1.165, 1.54) is 22.3 Å². The Kier molecular flexibility index (Phi) is 9.14. The molecule has 11 aromatic rings. The lowest BCUT2D eigenvalue weighted by molar-refractivity contribution is 0.669. The van der Waals surface area contributed by atoms with Crippen molar-refractivity contribution >= 4 is 21.9 Å². The quantitative estimate of drug-likeness (QED) is 0.154. The van der Waals surface area contributed by atoms with Crippen molar-refractivity contribution in [2.24, 2.45) is 0 Å². The Labute approximate surface area is 354 Å². The zero-order chi connectivity index (χ0) is 40.5. The topological polar surface area (TPSA) is 51.8 Å². The van der Waals surface area contributed by atoms with E-state index < -0.39 is 0 Å². The fourth-order valence-corrected chi connectivity index (χ4v) is 8.18. The zero-order valence-electron chi connectivity index (χ0n) is 33.1. The van der Waals surface area contributed by atoms with Crippen molar-refractivity contribution in [3.63, 3.8) is 0 Å². The van der Waals surface area contributed by atoms with E-state index in [0.717, 1.165) is 72.0 Å². The molecule has 0 aliphatic carbocycles. The molecule has 0 spiro atoms. The minimum absolute atomic E-state index is 0.576. The van der Waals surface area contributed by atoms with E-state index in [2.05, 4.69) is 200 Å². The molecule has 4 nitrogen and oxygen atoms in total. The minimum Gasteiger partial charge on any atom is -0.456 e. The van der Waals surface area contributed by atoms with Crippen molar-refractivity contribution in [1.29, 1.82) is 0 Å². The van der Waals surface area contributed by atoms with Gasteiger partial charge >= 0.3 is 0 Å². The lowest BCUT2D eigenvalue weighted by Crippen LogP contribution is -2.00. The summed E-state index contributed by atoms with van der Waals surface area (Å²) in [5.41, 5.74) is 15.9. The average Bonchev–Trinajstić information content (AvgIpc) is 3.73. The lowest BCUT2D eigenvalue weighted by Gasteiger charge is -2.10. The van der Waals surface area contributed by atoms with Crippen LogP contribution in [0.25, 0.3) is 112 Å². The van der Waals surface area contributed by atoms with Gasteiger partial charge in [0.25, 0.3) is 0 Å². The highest BCUT2D eigenvalue weighted by atomic mass is 16.3. The highest BCUT2D eigenvalue weighted by molar-refractivity contribution is 6.13. The van der Waals surface area contributed by atoms with E-state index in [-0.39, 0.29) is 0 Å². The fraction of sp³-hybridized carbons (Fsp3) is 0. The number of hydrogen-bond acceptors (Lipinski definition) is 4. The summed E-state index contributed by atoms with van der Waals surface area (Å²) in [7, 11) is 0. The Bertz CT molecular complexity index is 3290. The van der Waals surface area contributed by atoms with Gasteiger partial charge in [0.2, 0.25) is 0 Å². The first-order chi connectivity index (χ1) is 30.2. The summed E-state index contributed by atoms with van der Waals surface area (Å²) in [5.74, 6) is 1.78. The molecule has 4 heteroatoms. The molecule has 61 heavy (non-hydrogen) atoms. The summed E-state index contributed by atoms with van der Waals surface area (Å²) in [5, 5.41) is 2.13. The Balaban J connectivity index is 0.967. The Hall–Kier alpha value is -8.21. The molecule has 286 valence electrons. The highest BCUT2D eigenvalue weighted by Crippen LogP contribution is 2.39. The zero-order valence-corrected chi connectivity index (χ0v) is 33.1. The van der Waals surface area contributed by atoms with E-state index in [0.29, 0.717) is 17.5 Å². The molecule has 0 bridgehead atoms. The summed E-state index contributed by atoms with van der Waals surface area (Å²) in [4.78, 5) is 15.3. The van der Waals surface area contributed by atoms with E-state index in [9.17, 15) is 0 Å². The second-order valence-corrected chi connectivity index (χ2v) is 15.2. The molecule has 0 fully saturated rings. The molecule has 0 aliphatic rings. The Morgan fingerprint density at radius 3 is 1.02 bits per heavy atom. The van der Waals surface area contributed by atoms with Crippen LogP contribution in [0, 0.1) is 0 Å². The van der Waals surface area contributed by atoms with Crippen molar-refractivity contribution in [1.82, 2.24) is 15.0 Å². The van der Waals surface area contributed by atoms with Gasteiger partial charge in [0.05, 0.1) is 0 Å². The van der Waals surface area contributed by atoms with Crippen LogP contribution in [0.5, 0.6) is 0 Å². The van der Waals surface area contributed by atoms with Crippen molar-refractivity contribution < 1.29 is 4.42 Å². The van der Waals surface area contributed by atoms with Crippen molar-refractivity contribution in [3.8, 4) is 89.8 Å². The van der Waals surface area contributed by atoms with Crippen LogP contribution in [0.1, 0.15) is 0 Å². The molecule has 0 radical (unpaired) electrons. The molecule has 0 saturated carbocycles. The molecular formula is C57H37N3O. The van der Waals surface area contributed by atoms with E-state index in [4.69, 9.17) is 19.4 Å². The van der Waals surface area contributed by atoms with Gasteiger partial charge < -0.3 is 4.42 Å². The summed E-state index contributed by atoms with van der Waals surface area (Å²) >= 11 is 0. The van der Waals surface area contributed by atoms with Gasteiger partial charge in [-0.2, -0.15) is 0 Å². The monoisotopic (exact) mass is 779 g/mol. The number of furan rings is 1. The Morgan fingerprint density at radius 2 is 0.590 bits per heavy atom. The van der Waals surface area contributed by atoms with Gasteiger partial charge in [0, 0.05) is 27.5 Å². The van der Waals surface area contributed by atoms with Crippen LogP contribution < -0.4 is 0 Å². The predicted molar refractivity (Wildman–Crippen MR) is 251 cm³/mol. The third-order valence-corrected chi connectivity index (χ3v) is 11.4. The second-order valence-electron chi connectivity index (χ2n) is 15.2. The molecule has 9 aromatic carbocycles. The molecule has 2 aromatic heterocycles. The van der Waals surface area contributed by atoms with Gasteiger partial charge in [-0.1, -0.05) is 206 Å². The second kappa shape index (κ2) is 15.5. The molecular weight excluding hydrogens is 743 g/mol. The summed E-state index contributed by atoms with van der Waals surface area (Å²) in [6.07, 6.45) is 0. The summed E-state index contributed by atoms with van der Waals surface area (Å²) in [6.45, 7) is 0. The van der Waals surface area contributed by atoms with Gasteiger partial charge in [-0.05, 0) is 73.8 Å². The van der Waals surface area contributed by atoms with Crippen LogP contribution in [0.4, 0.5) is 0 Å². The maximum atomic E-state index is 6.57. The van der Waals surface area contributed by atoms with Crippen LogP contribution in [0.15, 0.2) is 229 Å². The molecule has 11 rings (SSSR count). The normalized spacial score (nSPS) is 11.3. The molecule has 2 heterocycles. The fourth-order valence-electron chi connectivity index (χ4n) is 8.18. The first-order valence-electron chi connectivity index (χ1n) is 20.5. The standard InChI is InChI=1S/C57H37N3O/c1-4-11-38(12-5-1)41-19-21-44(22-20-41)45-27-33-48(34-28-45)56-58-55(47-31-25-43(26-32-47)40-15-8-3-9-16-40)59-57(60-56)49-35-36-51-53(37-49)61-52-18-10-17-50(54(51)52)46-29-23-42(24-30-46)39-13-6-2-7-14-39/h1-37H. The smallest absolute Gasteiger partial charge is 0.164 e. The minimum atomic E-state index is 0.576. The SMILES string of the molecule is c1ccc(-c2ccc(-c3ccc(-c4nc(-c5ccc(-c6ccccc6)cc5)nc(-c5ccc6c(c5)oc5cccc(-c7ccc(-c8ccccc8)cc7)c56)n4)cc3)cc2)cc1. The number of benzene rings is 9. The number of hydrogen-bond donors (Lipinski definition) is 0. The number of nitrogens with zero attached hydrogens (tertiary/aromatic N) is 3. The van der Waals surface area contributed by atoms with Crippen LogP contribution >= 0.6 is 0 Å². The molecule has 0 aliphatic heterocycles. The van der Waals surface area contributed by atoms with Gasteiger partial charge in [-0.25, -0.2) is 15.0 Å². The van der Waals surface area contributed by atoms with Gasteiger partial charge in [0.15, 0.2) is 17.5 Å². The van der Waals surface area contributed by atoms with E-state index >= 15 is 0 Å². The Morgan fingerprint density at radius 1 is 0.246 bits per heavy atom. The molecule has 0 saturated heterocycles. The number of rotatable bonds is 8. The number of aromatic nitrogens is 3. The average molecular weight is 780 g/mol. The van der Waals surface area contributed by atoms with E-state index in [1.807, 2.05) is 24.3 Å².